The molecule has 0 fully saturated rings. The summed E-state index contributed by atoms with van der Waals surface area (Å²) in [5.41, 5.74) is 10.2. The van der Waals surface area contributed by atoms with Gasteiger partial charge in [-0.3, -0.25) is 0 Å². The number of allylic oxidation sites excluding steroid dienone is 4. The molecule has 1 aromatic rings. The van der Waals surface area contributed by atoms with E-state index in [-0.39, 0.29) is 5.41 Å². The minimum atomic E-state index is -2.05. The Bertz CT molecular complexity index is 850. The standard InChI is InChI=1S/C13H22OSi.C9H13.CH2.Ti/c1-7-8(2)10(13(4,5)6)12(15)11(14)9(7)3;1-6-5-7(2)9(4)8(6)3;;/h14H,1-6,15H3;6H,1-4H3;1H2;/q;;;+1/p-1. The van der Waals surface area contributed by atoms with Crippen molar-refractivity contribution >= 4 is 20.2 Å². The second-order valence-electron chi connectivity index (χ2n) is 9.05. The summed E-state index contributed by atoms with van der Waals surface area (Å²) in [7, 11) is 1.00. The van der Waals surface area contributed by atoms with Gasteiger partial charge in [-0.15, -0.1) is 0 Å². The Morgan fingerprint density at radius 3 is 1.88 bits per heavy atom. The van der Waals surface area contributed by atoms with Gasteiger partial charge in [0.2, 0.25) is 0 Å². The van der Waals surface area contributed by atoms with Gasteiger partial charge in [0.05, 0.1) is 0 Å². The van der Waals surface area contributed by atoms with E-state index in [1.54, 1.807) is 0 Å². The molecule has 0 saturated carbocycles. The Labute approximate surface area is 170 Å². The zero-order valence-corrected chi connectivity index (χ0v) is 22.3. The molecular formula is C23H36OSiTi. The Balaban J connectivity index is 2.55. The third kappa shape index (κ3) is 3.53. The molecule has 1 aliphatic carbocycles. The summed E-state index contributed by atoms with van der Waals surface area (Å²) in [6.07, 6.45) is 0. The summed E-state index contributed by atoms with van der Waals surface area (Å²) < 4.78 is 8.28. The first kappa shape index (κ1) is 21.6. The number of hydrogen-bond acceptors (Lipinski definition) is 1. The van der Waals surface area contributed by atoms with Gasteiger partial charge in [0.1, 0.15) is 0 Å². The fourth-order valence-electron chi connectivity index (χ4n) is 4.59. The summed E-state index contributed by atoms with van der Waals surface area (Å²) in [4.78, 5) is 4.59. The van der Waals surface area contributed by atoms with E-state index in [2.05, 4.69) is 74.1 Å². The summed E-state index contributed by atoms with van der Waals surface area (Å²) in [6.45, 7) is 22.8. The molecule has 1 aliphatic rings. The minimum absolute atomic E-state index is 0.142. The Hall–Kier alpha value is -0.699. The molecule has 0 N–H and O–H groups in total. The molecule has 0 bridgehead atoms. The van der Waals surface area contributed by atoms with Crippen molar-refractivity contribution in [3.05, 3.63) is 42.9 Å². The molecule has 1 atom stereocenters. The molecule has 0 radical (unpaired) electrons. The average molecular weight is 404 g/mol. The van der Waals surface area contributed by atoms with E-state index in [4.69, 9.17) is 3.32 Å². The second-order valence-corrected chi connectivity index (χ2v) is 12.5. The topological polar surface area (TPSA) is 9.23 Å². The number of hydrogen-bond donors (Lipinski definition) is 0. The van der Waals surface area contributed by atoms with Gasteiger partial charge < -0.3 is 0 Å². The maximum atomic E-state index is 6.77. The van der Waals surface area contributed by atoms with Crippen molar-refractivity contribution in [3.63, 3.8) is 0 Å². The molecular weight excluding hydrogens is 368 g/mol. The quantitative estimate of drug-likeness (QED) is 0.674. The molecule has 0 spiro atoms. The van der Waals surface area contributed by atoms with Gasteiger partial charge in [-0.25, -0.2) is 0 Å². The van der Waals surface area contributed by atoms with Gasteiger partial charge in [-0.05, 0) is 0 Å². The molecule has 0 saturated heterocycles. The average Bonchev–Trinajstić information content (AvgIpc) is 2.72. The van der Waals surface area contributed by atoms with Crippen LogP contribution in [-0.2, 0) is 23.2 Å². The van der Waals surface area contributed by atoms with Crippen LogP contribution < -0.4 is 8.51 Å². The van der Waals surface area contributed by atoms with E-state index in [0.717, 1.165) is 16.0 Å². The maximum absolute atomic E-state index is 6.77. The van der Waals surface area contributed by atoms with Crippen LogP contribution >= 0.6 is 0 Å². The fourth-order valence-corrected chi connectivity index (χ4v) is 9.58. The monoisotopic (exact) mass is 404 g/mol. The predicted molar refractivity (Wildman–Crippen MR) is 117 cm³/mol. The summed E-state index contributed by atoms with van der Waals surface area (Å²) in [5.74, 6) is 1.65. The zero-order chi connectivity index (χ0) is 20.1. The van der Waals surface area contributed by atoms with Crippen LogP contribution in [0.2, 0.25) is 0 Å². The van der Waals surface area contributed by atoms with Crippen LogP contribution in [0, 0.1) is 26.7 Å². The van der Waals surface area contributed by atoms with Crippen molar-refractivity contribution in [1.29, 1.82) is 0 Å². The van der Waals surface area contributed by atoms with Crippen molar-refractivity contribution < 1.29 is 21.1 Å². The van der Waals surface area contributed by atoms with E-state index < -0.39 is 17.8 Å². The molecule has 1 aromatic carbocycles. The van der Waals surface area contributed by atoms with E-state index >= 15 is 0 Å². The van der Waals surface area contributed by atoms with Crippen molar-refractivity contribution in [3.8, 4) is 5.75 Å². The predicted octanol–water partition coefficient (Wildman–Crippen LogP) is 4.50. The Morgan fingerprint density at radius 1 is 0.923 bits per heavy atom. The van der Waals surface area contributed by atoms with Crippen LogP contribution in [0.1, 0.15) is 70.7 Å². The molecule has 26 heavy (non-hydrogen) atoms. The van der Waals surface area contributed by atoms with Gasteiger partial charge in [0.15, 0.2) is 0 Å². The Morgan fingerprint density at radius 2 is 1.46 bits per heavy atom. The van der Waals surface area contributed by atoms with Crippen LogP contribution in [0.15, 0.2) is 20.6 Å². The van der Waals surface area contributed by atoms with Crippen molar-refractivity contribution in [1.82, 2.24) is 0 Å². The third-order valence-electron chi connectivity index (χ3n) is 6.47. The molecule has 1 unspecified atom stereocenters. The van der Waals surface area contributed by atoms with Crippen molar-refractivity contribution in [2.75, 3.05) is 0 Å². The van der Waals surface area contributed by atoms with Crippen molar-refractivity contribution in [2.45, 2.75) is 74.7 Å². The van der Waals surface area contributed by atoms with Gasteiger partial charge in [-0.2, -0.15) is 0 Å². The molecule has 0 aliphatic heterocycles. The third-order valence-corrected chi connectivity index (χ3v) is 10.3. The normalized spacial score (nSPS) is 18.2. The summed E-state index contributed by atoms with van der Waals surface area (Å²) in [6, 6.07) is 0. The van der Waals surface area contributed by atoms with Gasteiger partial charge in [0.25, 0.3) is 0 Å². The summed E-state index contributed by atoms with van der Waals surface area (Å²) in [5, 5.41) is 1.44. The van der Waals surface area contributed by atoms with E-state index in [9.17, 15) is 0 Å². The zero-order valence-electron chi connectivity index (χ0n) is 18.7. The van der Waals surface area contributed by atoms with Crippen LogP contribution in [0.3, 0.4) is 0 Å². The van der Waals surface area contributed by atoms with Crippen LogP contribution in [0.25, 0.3) is 0 Å². The van der Waals surface area contributed by atoms with Crippen LogP contribution in [0.5, 0.6) is 5.75 Å². The fraction of sp³-hybridized carbons (Fsp3) is 0.522. The van der Waals surface area contributed by atoms with Crippen molar-refractivity contribution in [2.24, 2.45) is 5.92 Å². The molecule has 2 rings (SSSR count). The molecule has 0 aromatic heterocycles. The van der Waals surface area contributed by atoms with E-state index in [0.29, 0.717) is 5.92 Å². The first-order valence-electron chi connectivity index (χ1n) is 9.67. The number of benzene rings is 1. The number of rotatable bonds is 3. The Kier molecular flexibility index (Phi) is 6.13. The molecule has 3 heteroatoms. The van der Waals surface area contributed by atoms with E-state index in [1.807, 2.05) is 0 Å². The van der Waals surface area contributed by atoms with Crippen LogP contribution in [-0.4, -0.2) is 15.1 Å². The molecule has 0 heterocycles. The molecule has 142 valence electrons. The van der Waals surface area contributed by atoms with E-state index in [1.165, 1.54) is 48.0 Å². The first-order chi connectivity index (χ1) is 11.8. The first-order valence-corrected chi connectivity index (χ1v) is 13.2. The summed E-state index contributed by atoms with van der Waals surface area (Å²) >= 11 is -2.05. The SMILES string of the molecule is [CH2]=[Ti]([O]c1c(C)c(C)c(C)c(C(C)(C)C)c1[SiH3])[C]1=C(C)C(C)=C(C)C1C. The van der Waals surface area contributed by atoms with Gasteiger partial charge in [-0.1, -0.05) is 0 Å². The van der Waals surface area contributed by atoms with Gasteiger partial charge in [0, 0.05) is 0 Å². The molecule has 1 nitrogen and oxygen atoms in total. The van der Waals surface area contributed by atoms with Crippen LogP contribution in [0.4, 0.5) is 0 Å². The second kappa shape index (κ2) is 7.37. The molecule has 0 amide bonds. The van der Waals surface area contributed by atoms with Gasteiger partial charge >= 0.3 is 171 Å².